The predicted octanol–water partition coefficient (Wildman–Crippen LogP) is 3.36. The zero-order valence-corrected chi connectivity index (χ0v) is 9.16. The van der Waals surface area contributed by atoms with Gasteiger partial charge in [-0.3, -0.25) is 0 Å². The van der Waals surface area contributed by atoms with Crippen molar-refractivity contribution in [2.24, 2.45) is 0 Å². The summed E-state index contributed by atoms with van der Waals surface area (Å²) < 4.78 is 0. The second-order valence-corrected chi connectivity index (χ2v) is 4.07. The van der Waals surface area contributed by atoms with E-state index in [2.05, 4.69) is 42.6 Å². The van der Waals surface area contributed by atoms with E-state index in [0.717, 1.165) is 13.0 Å². The molecule has 1 unspecified atom stereocenters. The molecule has 1 heterocycles. The Morgan fingerprint density at radius 3 is 2.92 bits per heavy atom. The van der Waals surface area contributed by atoms with Crippen LogP contribution in [0.5, 0.6) is 0 Å². The maximum atomic E-state index is 4.01. The molecule has 1 N–H and O–H groups in total. The van der Waals surface area contributed by atoms with Gasteiger partial charge in [0.25, 0.3) is 0 Å². The average molecular weight is 195 g/mol. The molecule has 1 aromatic heterocycles. The van der Waals surface area contributed by atoms with Crippen LogP contribution in [0, 0.1) is 0 Å². The van der Waals surface area contributed by atoms with Crippen LogP contribution < -0.4 is 5.32 Å². The minimum atomic E-state index is 0.339. The summed E-state index contributed by atoms with van der Waals surface area (Å²) in [5.41, 5.74) is 2.53. The molecule has 1 nitrogen and oxygen atoms in total. The minimum absolute atomic E-state index is 0.339. The highest BCUT2D eigenvalue weighted by atomic mass is 32.1. The maximum absolute atomic E-state index is 4.01. The van der Waals surface area contributed by atoms with E-state index in [-0.39, 0.29) is 0 Å². The van der Waals surface area contributed by atoms with Gasteiger partial charge in [-0.25, -0.2) is 0 Å². The Bertz CT molecular complexity index is 251. The Morgan fingerprint density at radius 2 is 2.46 bits per heavy atom. The third kappa shape index (κ3) is 2.98. The molecule has 0 aromatic carbocycles. The lowest BCUT2D eigenvalue weighted by molar-refractivity contribution is 0.592. The monoisotopic (exact) mass is 195 g/mol. The van der Waals surface area contributed by atoms with Gasteiger partial charge < -0.3 is 5.32 Å². The van der Waals surface area contributed by atoms with Crippen LogP contribution in [0.3, 0.4) is 0 Å². The standard InChI is InChI=1S/C11H17NS/c1-4-6-12-11(9(2)3)10-5-7-13-8-10/h5,7-8,11-12H,2,4,6H2,1,3H3. The Labute approximate surface area is 84.5 Å². The van der Waals surface area contributed by atoms with Gasteiger partial charge in [-0.15, -0.1) is 0 Å². The van der Waals surface area contributed by atoms with E-state index < -0.39 is 0 Å². The molecule has 72 valence electrons. The van der Waals surface area contributed by atoms with Crippen LogP contribution >= 0.6 is 11.3 Å². The van der Waals surface area contributed by atoms with Crippen LogP contribution in [0.25, 0.3) is 0 Å². The first-order valence-electron chi connectivity index (χ1n) is 4.66. The van der Waals surface area contributed by atoms with Crippen LogP contribution in [0.1, 0.15) is 31.9 Å². The van der Waals surface area contributed by atoms with Gasteiger partial charge in [0.1, 0.15) is 0 Å². The lowest BCUT2D eigenvalue weighted by atomic mass is 10.0. The van der Waals surface area contributed by atoms with Crippen molar-refractivity contribution in [3.8, 4) is 0 Å². The third-order valence-electron chi connectivity index (χ3n) is 1.97. The molecule has 0 bridgehead atoms. The van der Waals surface area contributed by atoms with Crippen molar-refractivity contribution in [2.75, 3.05) is 6.54 Å². The number of nitrogens with one attached hydrogen (secondary N) is 1. The number of thiophene rings is 1. The molecule has 13 heavy (non-hydrogen) atoms. The zero-order valence-electron chi connectivity index (χ0n) is 8.34. The molecule has 0 fully saturated rings. The van der Waals surface area contributed by atoms with Crippen LogP contribution in [0.2, 0.25) is 0 Å². The molecule has 0 amide bonds. The van der Waals surface area contributed by atoms with E-state index in [1.54, 1.807) is 11.3 Å². The minimum Gasteiger partial charge on any atom is -0.307 e. The van der Waals surface area contributed by atoms with Gasteiger partial charge >= 0.3 is 0 Å². The SMILES string of the molecule is C=C(C)C(NCCC)c1ccsc1. The molecule has 0 radical (unpaired) electrons. The molecule has 1 rings (SSSR count). The molecular weight excluding hydrogens is 178 g/mol. The first kappa shape index (κ1) is 10.5. The van der Waals surface area contributed by atoms with Gasteiger partial charge in [-0.1, -0.05) is 19.1 Å². The van der Waals surface area contributed by atoms with Crippen molar-refractivity contribution in [3.05, 3.63) is 34.5 Å². The quantitative estimate of drug-likeness (QED) is 0.710. The lowest BCUT2D eigenvalue weighted by Crippen LogP contribution is -2.22. The van der Waals surface area contributed by atoms with E-state index in [4.69, 9.17) is 0 Å². The first-order valence-corrected chi connectivity index (χ1v) is 5.61. The number of hydrogen-bond donors (Lipinski definition) is 1. The van der Waals surface area contributed by atoms with Crippen molar-refractivity contribution in [2.45, 2.75) is 26.3 Å². The molecule has 0 saturated heterocycles. The number of rotatable bonds is 5. The van der Waals surface area contributed by atoms with Crippen LogP contribution in [0.4, 0.5) is 0 Å². The van der Waals surface area contributed by atoms with E-state index in [0.29, 0.717) is 6.04 Å². The normalized spacial score (nSPS) is 12.8. The summed E-state index contributed by atoms with van der Waals surface area (Å²) in [6, 6.07) is 2.50. The van der Waals surface area contributed by atoms with Crippen LogP contribution in [-0.4, -0.2) is 6.54 Å². The summed E-state index contributed by atoms with van der Waals surface area (Å²) in [6.45, 7) is 9.31. The smallest absolute Gasteiger partial charge is 0.0538 e. The van der Waals surface area contributed by atoms with E-state index in [1.165, 1.54) is 11.1 Å². The Morgan fingerprint density at radius 1 is 1.69 bits per heavy atom. The summed E-state index contributed by atoms with van der Waals surface area (Å²) in [7, 11) is 0. The highest BCUT2D eigenvalue weighted by molar-refractivity contribution is 7.08. The predicted molar refractivity (Wildman–Crippen MR) is 60.2 cm³/mol. The molecule has 0 aliphatic rings. The average Bonchev–Trinajstić information content (AvgIpc) is 2.57. The van der Waals surface area contributed by atoms with Gasteiger partial charge in [-0.2, -0.15) is 11.3 Å². The molecule has 0 aliphatic carbocycles. The van der Waals surface area contributed by atoms with Gasteiger partial charge in [0.2, 0.25) is 0 Å². The lowest BCUT2D eigenvalue weighted by Gasteiger charge is -2.17. The zero-order chi connectivity index (χ0) is 9.68. The van der Waals surface area contributed by atoms with E-state index in [1.807, 2.05) is 0 Å². The molecular formula is C11H17NS. The molecule has 1 aromatic rings. The molecule has 0 spiro atoms. The largest absolute Gasteiger partial charge is 0.307 e. The highest BCUT2D eigenvalue weighted by Gasteiger charge is 2.10. The molecule has 0 saturated carbocycles. The Balaban J connectivity index is 2.63. The van der Waals surface area contributed by atoms with Crippen molar-refractivity contribution >= 4 is 11.3 Å². The second kappa shape index (κ2) is 5.20. The fourth-order valence-electron chi connectivity index (χ4n) is 1.30. The fourth-order valence-corrected chi connectivity index (χ4v) is 1.99. The fraction of sp³-hybridized carbons (Fsp3) is 0.455. The van der Waals surface area contributed by atoms with Crippen molar-refractivity contribution in [3.63, 3.8) is 0 Å². The molecule has 1 atom stereocenters. The first-order chi connectivity index (χ1) is 6.25. The second-order valence-electron chi connectivity index (χ2n) is 3.29. The summed E-state index contributed by atoms with van der Waals surface area (Å²) in [5, 5.41) is 7.77. The van der Waals surface area contributed by atoms with Crippen molar-refractivity contribution in [1.82, 2.24) is 5.32 Å². The molecule has 0 aliphatic heterocycles. The maximum Gasteiger partial charge on any atom is 0.0538 e. The summed E-state index contributed by atoms with van der Waals surface area (Å²) in [6.07, 6.45) is 1.16. The van der Waals surface area contributed by atoms with E-state index in [9.17, 15) is 0 Å². The van der Waals surface area contributed by atoms with Crippen LogP contribution in [0.15, 0.2) is 29.0 Å². The Hall–Kier alpha value is -0.600. The molecule has 2 heteroatoms. The van der Waals surface area contributed by atoms with Gasteiger partial charge in [0.05, 0.1) is 6.04 Å². The number of hydrogen-bond acceptors (Lipinski definition) is 2. The van der Waals surface area contributed by atoms with E-state index >= 15 is 0 Å². The Kier molecular flexibility index (Phi) is 4.19. The van der Waals surface area contributed by atoms with Crippen LogP contribution in [-0.2, 0) is 0 Å². The van der Waals surface area contributed by atoms with Gasteiger partial charge in [-0.05, 0) is 42.3 Å². The van der Waals surface area contributed by atoms with Crippen molar-refractivity contribution < 1.29 is 0 Å². The summed E-state index contributed by atoms with van der Waals surface area (Å²) >= 11 is 1.74. The highest BCUT2D eigenvalue weighted by Crippen LogP contribution is 2.22. The third-order valence-corrected chi connectivity index (χ3v) is 2.67. The summed E-state index contributed by atoms with van der Waals surface area (Å²) in [5.74, 6) is 0. The summed E-state index contributed by atoms with van der Waals surface area (Å²) in [4.78, 5) is 0. The van der Waals surface area contributed by atoms with Gasteiger partial charge in [0, 0.05) is 0 Å². The van der Waals surface area contributed by atoms with Gasteiger partial charge in [0.15, 0.2) is 0 Å². The topological polar surface area (TPSA) is 12.0 Å². The van der Waals surface area contributed by atoms with Crippen molar-refractivity contribution in [1.29, 1.82) is 0 Å².